The van der Waals surface area contributed by atoms with Crippen molar-refractivity contribution in [1.82, 2.24) is 14.9 Å². The summed E-state index contributed by atoms with van der Waals surface area (Å²) >= 11 is 3.40. The molecule has 1 saturated heterocycles. The lowest BCUT2D eigenvalue weighted by Gasteiger charge is -2.27. The largest absolute Gasteiger partial charge is 0.449 e. The Morgan fingerprint density at radius 1 is 1.43 bits per heavy atom. The van der Waals surface area contributed by atoms with Crippen molar-refractivity contribution in [3.05, 3.63) is 38.9 Å². The molecule has 1 N–H and O–H groups in total. The molecular weight excluding hydrogens is 433 g/mol. The van der Waals surface area contributed by atoms with Crippen molar-refractivity contribution in [2.75, 3.05) is 6.54 Å². The zero-order valence-electron chi connectivity index (χ0n) is 15.6. The molecule has 28 heavy (non-hydrogen) atoms. The van der Waals surface area contributed by atoms with Crippen LogP contribution < -0.4 is 5.56 Å². The summed E-state index contributed by atoms with van der Waals surface area (Å²) in [6.45, 7) is 5.11. The molecule has 0 spiro atoms. The maximum atomic E-state index is 14.2. The molecule has 2 unspecified atom stereocenters. The van der Waals surface area contributed by atoms with E-state index in [0.29, 0.717) is 16.5 Å². The summed E-state index contributed by atoms with van der Waals surface area (Å²) in [7, 11) is 0. The van der Waals surface area contributed by atoms with E-state index in [1.54, 1.807) is 39.0 Å². The Balaban J connectivity index is 1.80. The van der Waals surface area contributed by atoms with Crippen LogP contribution in [0, 0.1) is 0 Å². The average Bonchev–Trinajstić information content (AvgIpc) is 3.14. The van der Waals surface area contributed by atoms with Crippen LogP contribution in [0.2, 0.25) is 0 Å². The fourth-order valence-corrected chi connectivity index (χ4v) is 3.73. The van der Waals surface area contributed by atoms with Gasteiger partial charge in [0.1, 0.15) is 28.7 Å². The summed E-state index contributed by atoms with van der Waals surface area (Å²) in [6.07, 6.45) is -1.83. The highest BCUT2D eigenvalue weighted by Crippen LogP contribution is 2.34. The first-order valence-electron chi connectivity index (χ1n) is 8.88. The molecule has 7 nitrogen and oxygen atoms in total. The van der Waals surface area contributed by atoms with Gasteiger partial charge in [-0.1, -0.05) is 15.9 Å². The van der Waals surface area contributed by atoms with Crippen molar-refractivity contribution < 1.29 is 18.3 Å². The Morgan fingerprint density at radius 3 is 2.89 bits per heavy atom. The fraction of sp³-hybridized carbons (Fsp3) is 0.421. The summed E-state index contributed by atoms with van der Waals surface area (Å²) in [5.41, 5.74) is -0.198. The molecule has 2 aromatic heterocycles. The van der Waals surface area contributed by atoms with Gasteiger partial charge < -0.3 is 14.1 Å². The van der Waals surface area contributed by atoms with E-state index in [1.165, 1.54) is 4.90 Å². The van der Waals surface area contributed by atoms with E-state index in [2.05, 4.69) is 25.9 Å². The Morgan fingerprint density at radius 2 is 2.18 bits per heavy atom. The molecule has 1 fully saturated rings. The first kappa shape index (κ1) is 18.9. The van der Waals surface area contributed by atoms with Crippen LogP contribution in [0.5, 0.6) is 0 Å². The second kappa shape index (κ2) is 6.58. The van der Waals surface area contributed by atoms with E-state index < -0.39 is 29.5 Å². The van der Waals surface area contributed by atoms with Gasteiger partial charge in [-0.25, -0.2) is 14.2 Å². The monoisotopic (exact) mass is 451 g/mol. The molecule has 0 bridgehead atoms. The molecule has 2 atom stereocenters. The molecule has 148 valence electrons. The van der Waals surface area contributed by atoms with Crippen LogP contribution in [-0.2, 0) is 4.74 Å². The van der Waals surface area contributed by atoms with Gasteiger partial charge in [-0.2, -0.15) is 0 Å². The molecular formula is C19H19BrFN3O4. The van der Waals surface area contributed by atoms with Gasteiger partial charge in [-0.05, 0) is 39.0 Å². The van der Waals surface area contributed by atoms with Crippen molar-refractivity contribution in [3.8, 4) is 0 Å². The second-order valence-electron chi connectivity index (χ2n) is 7.85. The minimum absolute atomic E-state index is 0.0349. The number of rotatable bonds is 1. The Labute approximate surface area is 168 Å². The molecule has 1 amide bonds. The van der Waals surface area contributed by atoms with Crippen molar-refractivity contribution >= 4 is 44.1 Å². The summed E-state index contributed by atoms with van der Waals surface area (Å²) in [4.78, 5) is 33.6. The third-order valence-electron chi connectivity index (χ3n) is 4.50. The number of halogens is 2. The number of alkyl halides is 1. The summed E-state index contributed by atoms with van der Waals surface area (Å²) < 4.78 is 26.0. The van der Waals surface area contributed by atoms with Crippen molar-refractivity contribution in [1.29, 1.82) is 0 Å². The van der Waals surface area contributed by atoms with Crippen LogP contribution >= 0.6 is 15.9 Å². The number of aromatic nitrogens is 2. The summed E-state index contributed by atoms with van der Waals surface area (Å²) in [6, 6.07) is 4.61. The van der Waals surface area contributed by atoms with Crippen LogP contribution in [-0.4, -0.2) is 39.3 Å². The number of amides is 1. The first-order chi connectivity index (χ1) is 13.1. The number of hydrogen-bond donors (Lipinski definition) is 1. The highest BCUT2D eigenvalue weighted by Gasteiger charge is 2.40. The van der Waals surface area contributed by atoms with Crippen molar-refractivity contribution in [2.24, 2.45) is 0 Å². The van der Waals surface area contributed by atoms with Gasteiger partial charge >= 0.3 is 6.09 Å². The van der Waals surface area contributed by atoms with Gasteiger partial charge in [0, 0.05) is 16.3 Å². The second-order valence-corrected chi connectivity index (χ2v) is 8.77. The Kier molecular flexibility index (Phi) is 4.45. The zero-order chi connectivity index (χ0) is 20.2. The predicted octanol–water partition coefficient (Wildman–Crippen LogP) is 4.45. The standard InChI is InChI=1S/C19H19BrFN3O4/c1-19(2,3)28-18(26)24-8-10(21)7-12(24)16-22-14-11-6-9(20)4-5-13(11)27-15(14)17(25)23-16/h4-6,10,12H,7-8H2,1-3H3,(H,22,23,25). The van der Waals surface area contributed by atoms with Crippen molar-refractivity contribution in [3.63, 3.8) is 0 Å². The summed E-state index contributed by atoms with van der Waals surface area (Å²) in [5.74, 6) is 0.214. The van der Waals surface area contributed by atoms with E-state index in [1.807, 2.05) is 0 Å². The number of hydrogen-bond acceptors (Lipinski definition) is 5. The van der Waals surface area contributed by atoms with Crippen LogP contribution in [0.4, 0.5) is 9.18 Å². The number of carbonyl (C=O) groups is 1. The molecule has 4 rings (SSSR count). The Bertz CT molecular complexity index is 1130. The minimum atomic E-state index is -1.23. The molecule has 1 aliphatic rings. The lowest BCUT2D eigenvalue weighted by Crippen LogP contribution is -2.37. The van der Waals surface area contributed by atoms with Crippen LogP contribution in [0.3, 0.4) is 0 Å². The fourth-order valence-electron chi connectivity index (χ4n) is 3.37. The van der Waals surface area contributed by atoms with Gasteiger partial charge in [-0.15, -0.1) is 0 Å². The highest BCUT2D eigenvalue weighted by atomic mass is 79.9. The minimum Gasteiger partial charge on any atom is -0.449 e. The van der Waals surface area contributed by atoms with Gasteiger partial charge in [0.2, 0.25) is 5.58 Å². The Hall–Kier alpha value is -2.42. The zero-order valence-corrected chi connectivity index (χ0v) is 17.2. The van der Waals surface area contributed by atoms with E-state index >= 15 is 0 Å². The quantitative estimate of drug-likeness (QED) is 0.590. The molecule has 3 aromatic rings. The third kappa shape index (κ3) is 3.39. The van der Waals surface area contributed by atoms with E-state index in [-0.39, 0.29) is 24.4 Å². The molecule has 0 saturated carbocycles. The van der Waals surface area contributed by atoms with Gasteiger partial charge in [0.25, 0.3) is 5.56 Å². The molecule has 3 heterocycles. The molecule has 9 heteroatoms. The lowest BCUT2D eigenvalue weighted by molar-refractivity contribution is 0.0210. The number of likely N-dealkylation sites (tertiary alicyclic amines) is 1. The number of nitrogens with zero attached hydrogens (tertiary/aromatic N) is 2. The van der Waals surface area contributed by atoms with Gasteiger partial charge in [0.05, 0.1) is 12.6 Å². The SMILES string of the molecule is CC(C)(C)OC(=O)N1CC(F)CC1c1nc2c(oc3ccc(Br)cc32)c(=O)[nH]1. The molecule has 0 aliphatic carbocycles. The maximum Gasteiger partial charge on any atom is 0.411 e. The number of aromatic amines is 1. The number of H-pyrrole nitrogens is 1. The number of benzene rings is 1. The van der Waals surface area contributed by atoms with Crippen LogP contribution in [0.1, 0.15) is 39.1 Å². The van der Waals surface area contributed by atoms with Crippen molar-refractivity contribution in [2.45, 2.75) is 45.0 Å². The number of furan rings is 1. The summed E-state index contributed by atoms with van der Waals surface area (Å²) in [5, 5.41) is 0.662. The normalized spacial score (nSPS) is 20.2. The smallest absolute Gasteiger partial charge is 0.411 e. The number of ether oxygens (including phenoxy) is 1. The van der Waals surface area contributed by atoms with E-state index in [4.69, 9.17) is 9.15 Å². The van der Waals surface area contributed by atoms with Gasteiger partial charge in [0.15, 0.2) is 0 Å². The van der Waals surface area contributed by atoms with Crippen LogP contribution in [0.15, 0.2) is 31.9 Å². The third-order valence-corrected chi connectivity index (χ3v) is 4.99. The number of nitrogens with one attached hydrogen (secondary N) is 1. The van der Waals surface area contributed by atoms with Gasteiger partial charge in [-0.3, -0.25) is 9.69 Å². The topological polar surface area (TPSA) is 88.4 Å². The first-order valence-corrected chi connectivity index (χ1v) is 9.67. The number of carbonyl (C=O) groups excluding carboxylic acids is 1. The lowest BCUT2D eigenvalue weighted by atomic mass is 10.2. The highest BCUT2D eigenvalue weighted by molar-refractivity contribution is 9.10. The molecule has 0 radical (unpaired) electrons. The maximum absolute atomic E-state index is 14.2. The average molecular weight is 452 g/mol. The molecule has 1 aliphatic heterocycles. The number of fused-ring (bicyclic) bond motifs is 3. The van der Waals surface area contributed by atoms with Crippen LogP contribution in [0.25, 0.3) is 22.1 Å². The molecule has 1 aromatic carbocycles. The van der Waals surface area contributed by atoms with E-state index in [9.17, 15) is 14.0 Å². The predicted molar refractivity (Wildman–Crippen MR) is 105 cm³/mol. The van der Waals surface area contributed by atoms with E-state index in [0.717, 1.165) is 4.47 Å².